The van der Waals surface area contributed by atoms with Crippen molar-refractivity contribution in [2.24, 2.45) is 0 Å². The lowest BCUT2D eigenvalue weighted by Crippen LogP contribution is -2.38. The van der Waals surface area contributed by atoms with Gasteiger partial charge in [0.05, 0.1) is 22.7 Å². The van der Waals surface area contributed by atoms with Crippen LogP contribution in [0.3, 0.4) is 0 Å². The van der Waals surface area contributed by atoms with Crippen LogP contribution < -0.4 is 20.1 Å². The molecule has 9 nitrogen and oxygen atoms in total. The van der Waals surface area contributed by atoms with Gasteiger partial charge in [0.1, 0.15) is 0 Å². The Hall–Kier alpha value is -4.16. The molecule has 40 heavy (non-hydrogen) atoms. The average Bonchev–Trinajstić information content (AvgIpc) is 2.95. The van der Waals surface area contributed by atoms with E-state index in [4.69, 9.17) is 4.74 Å². The number of ether oxygens (including phenoxy) is 1. The summed E-state index contributed by atoms with van der Waals surface area (Å²) in [4.78, 5) is 13.1. The number of piperidine rings is 1. The van der Waals surface area contributed by atoms with E-state index in [1.165, 1.54) is 19.2 Å². The van der Waals surface area contributed by atoms with E-state index in [1.54, 1.807) is 54.7 Å². The molecule has 2 aromatic carbocycles. The maximum atomic E-state index is 15.3. The van der Waals surface area contributed by atoms with Crippen LogP contribution in [0.5, 0.6) is 11.6 Å². The van der Waals surface area contributed by atoms with Crippen LogP contribution in [0.4, 0.5) is 20.4 Å². The van der Waals surface area contributed by atoms with Crippen LogP contribution in [0.2, 0.25) is 0 Å². The molecule has 12 heteroatoms. The molecule has 3 heterocycles. The lowest BCUT2D eigenvalue weighted by molar-refractivity contribution is 0.404. The number of sulfonamides is 1. The number of benzene rings is 2. The summed E-state index contributed by atoms with van der Waals surface area (Å²) >= 11 is 0. The zero-order valence-corrected chi connectivity index (χ0v) is 22.5. The Labute approximate surface area is 231 Å². The van der Waals surface area contributed by atoms with Gasteiger partial charge in [-0.1, -0.05) is 30.3 Å². The van der Waals surface area contributed by atoms with Crippen LogP contribution in [-0.4, -0.2) is 42.5 Å². The predicted molar refractivity (Wildman–Crippen MR) is 149 cm³/mol. The van der Waals surface area contributed by atoms with E-state index >= 15 is 8.78 Å². The molecule has 0 aliphatic carbocycles. The van der Waals surface area contributed by atoms with Crippen molar-refractivity contribution in [3.8, 4) is 22.9 Å². The number of hydrogen-bond donors (Lipinski definition) is 3. The molecule has 1 aliphatic heterocycles. The summed E-state index contributed by atoms with van der Waals surface area (Å²) in [6.07, 6.45) is 5.10. The number of nitrogens with one attached hydrogen (secondary N) is 3. The first-order chi connectivity index (χ1) is 19.3. The Balaban J connectivity index is 1.39. The van der Waals surface area contributed by atoms with Gasteiger partial charge in [0.2, 0.25) is 27.7 Å². The number of nitrogens with zero attached hydrogens (tertiary/aromatic N) is 3. The average molecular weight is 567 g/mol. The second kappa shape index (κ2) is 11.9. The van der Waals surface area contributed by atoms with Crippen molar-refractivity contribution in [3.05, 3.63) is 89.8 Å². The molecule has 5 rings (SSSR count). The molecule has 0 saturated carbocycles. The summed E-state index contributed by atoms with van der Waals surface area (Å²) in [6, 6.07) is 14.8. The number of rotatable bonds is 9. The summed E-state index contributed by atoms with van der Waals surface area (Å²) in [6.45, 7) is 3.27. The third-order valence-corrected chi connectivity index (χ3v) is 7.59. The van der Waals surface area contributed by atoms with Gasteiger partial charge in [-0.2, -0.15) is 4.39 Å². The molecule has 1 aliphatic rings. The second-order valence-corrected chi connectivity index (χ2v) is 11.2. The molecule has 0 amide bonds. The van der Waals surface area contributed by atoms with Crippen molar-refractivity contribution < 1.29 is 21.9 Å². The molecule has 3 N–H and O–H groups in total. The Morgan fingerprint density at radius 1 is 1.05 bits per heavy atom. The highest BCUT2D eigenvalue weighted by Crippen LogP contribution is 2.37. The van der Waals surface area contributed by atoms with Crippen LogP contribution in [0.15, 0.2) is 67.0 Å². The number of aromatic nitrogens is 3. The van der Waals surface area contributed by atoms with Crippen molar-refractivity contribution in [2.75, 3.05) is 23.1 Å². The smallest absolute Gasteiger partial charge is 0.237 e. The molecule has 208 valence electrons. The Bertz CT molecular complexity index is 1600. The van der Waals surface area contributed by atoms with E-state index in [0.29, 0.717) is 22.8 Å². The van der Waals surface area contributed by atoms with Gasteiger partial charge >= 0.3 is 0 Å². The molecule has 2 aromatic heterocycles. The largest absolute Gasteiger partial charge is 0.435 e. The molecule has 1 unspecified atom stereocenters. The Morgan fingerprint density at radius 2 is 1.88 bits per heavy atom. The first-order valence-electron chi connectivity index (χ1n) is 12.8. The molecule has 0 radical (unpaired) electrons. The second-order valence-electron chi connectivity index (χ2n) is 9.46. The molecule has 0 bridgehead atoms. The lowest BCUT2D eigenvalue weighted by atomic mass is 10.1. The van der Waals surface area contributed by atoms with Crippen molar-refractivity contribution >= 4 is 21.7 Å². The van der Waals surface area contributed by atoms with Gasteiger partial charge in [0.25, 0.3) is 0 Å². The van der Waals surface area contributed by atoms with Crippen molar-refractivity contribution in [1.29, 1.82) is 0 Å². The normalized spacial score (nSPS) is 15.4. The molecule has 1 fully saturated rings. The summed E-state index contributed by atoms with van der Waals surface area (Å²) in [7, 11) is -4.01. The van der Waals surface area contributed by atoms with Gasteiger partial charge in [0, 0.05) is 25.0 Å². The van der Waals surface area contributed by atoms with E-state index < -0.39 is 38.8 Å². The third-order valence-electron chi connectivity index (χ3n) is 6.34. The van der Waals surface area contributed by atoms with E-state index in [-0.39, 0.29) is 17.5 Å². The van der Waals surface area contributed by atoms with Gasteiger partial charge in [-0.15, -0.1) is 0 Å². The summed E-state index contributed by atoms with van der Waals surface area (Å²) in [5.74, 6) is -3.10. The van der Waals surface area contributed by atoms with Gasteiger partial charge in [-0.25, -0.2) is 27.8 Å². The number of anilines is 2. The van der Waals surface area contributed by atoms with Crippen molar-refractivity contribution in [2.45, 2.75) is 31.6 Å². The minimum absolute atomic E-state index is 0.00490. The Kier molecular flexibility index (Phi) is 8.17. The maximum Gasteiger partial charge on any atom is 0.237 e. The number of halogens is 2. The van der Waals surface area contributed by atoms with E-state index in [0.717, 1.165) is 25.9 Å². The number of aryl methyl sites for hydroxylation is 1. The first kappa shape index (κ1) is 27.4. The highest BCUT2D eigenvalue weighted by Gasteiger charge is 2.24. The zero-order valence-electron chi connectivity index (χ0n) is 21.7. The highest BCUT2D eigenvalue weighted by molar-refractivity contribution is 7.91. The maximum absolute atomic E-state index is 15.3. The van der Waals surface area contributed by atoms with Crippen LogP contribution in [0.25, 0.3) is 11.3 Å². The van der Waals surface area contributed by atoms with E-state index in [9.17, 15) is 8.42 Å². The number of hydrogen-bond acceptors (Lipinski definition) is 8. The van der Waals surface area contributed by atoms with Gasteiger partial charge in [0.15, 0.2) is 11.6 Å². The van der Waals surface area contributed by atoms with Crippen LogP contribution in [-0.2, 0) is 15.8 Å². The number of pyridine rings is 1. The molecular weight excluding hydrogens is 538 g/mol. The van der Waals surface area contributed by atoms with Crippen LogP contribution in [0, 0.1) is 18.6 Å². The molecule has 0 spiro atoms. The topological polar surface area (TPSA) is 118 Å². The fourth-order valence-corrected chi connectivity index (χ4v) is 5.62. The van der Waals surface area contributed by atoms with Crippen molar-refractivity contribution in [1.82, 2.24) is 20.3 Å². The molecule has 1 saturated heterocycles. The zero-order chi connectivity index (χ0) is 28.1. The fraction of sp³-hybridized carbons (Fsp3) is 0.250. The monoisotopic (exact) mass is 566 g/mol. The predicted octanol–water partition coefficient (Wildman–Crippen LogP) is 5.02. The van der Waals surface area contributed by atoms with Crippen molar-refractivity contribution in [3.63, 3.8) is 0 Å². The summed E-state index contributed by atoms with van der Waals surface area (Å²) in [5.41, 5.74) is 1.09. The lowest BCUT2D eigenvalue weighted by Gasteiger charge is -2.23. The minimum atomic E-state index is -4.01. The first-order valence-corrected chi connectivity index (χ1v) is 14.4. The summed E-state index contributed by atoms with van der Waals surface area (Å²) < 4.78 is 63.5. The highest BCUT2D eigenvalue weighted by atomic mass is 32.2. The minimum Gasteiger partial charge on any atom is -0.435 e. The van der Waals surface area contributed by atoms with Crippen LogP contribution >= 0.6 is 0 Å². The van der Waals surface area contributed by atoms with E-state index in [1.807, 2.05) is 0 Å². The Morgan fingerprint density at radius 3 is 2.65 bits per heavy atom. The van der Waals surface area contributed by atoms with Gasteiger partial charge in [-0.3, -0.25) is 4.72 Å². The standard InChI is InChI=1S/C28H28F2N6O3S/c1-18-15-23(36-40(37,38)17-19-7-3-2-4-8-19)24(29)25(30)26(18)39-27-21(10-6-13-32-27)22-11-14-33-28(35-22)34-20-9-5-12-31-16-20/h2-4,6-8,10-11,13-15,20,31,36H,5,9,12,16-17H2,1H3,(H,33,34,35). The molecule has 4 aromatic rings. The molecule has 1 atom stereocenters. The van der Waals surface area contributed by atoms with Gasteiger partial charge in [-0.05, 0) is 61.7 Å². The SMILES string of the molecule is Cc1cc(NS(=O)(=O)Cc2ccccc2)c(F)c(F)c1Oc1ncccc1-c1ccnc(NC2CCCNC2)n1. The quantitative estimate of drug-likeness (QED) is 0.258. The van der Waals surface area contributed by atoms with Gasteiger partial charge < -0.3 is 15.4 Å². The summed E-state index contributed by atoms with van der Waals surface area (Å²) in [5, 5.41) is 6.64. The van der Waals surface area contributed by atoms with E-state index in [2.05, 4.69) is 30.3 Å². The van der Waals surface area contributed by atoms with Crippen LogP contribution in [0.1, 0.15) is 24.0 Å². The molecular formula is C28H28F2N6O3S. The fourth-order valence-electron chi connectivity index (χ4n) is 4.43. The third kappa shape index (κ3) is 6.52.